The van der Waals surface area contributed by atoms with Gasteiger partial charge in [-0.05, 0) is 12.8 Å². The second-order valence-corrected chi connectivity index (χ2v) is 24.9. The number of carbonyl (C=O) groups is 6. The number of carbonyl (C=O) groups excluding carboxylic acids is 6. The van der Waals surface area contributed by atoms with E-state index in [2.05, 4.69) is 16.0 Å². The van der Waals surface area contributed by atoms with Crippen molar-refractivity contribution in [1.29, 1.82) is 0 Å². The molecule has 30 atom stereocenters. The molecule has 0 aromatic heterocycles. The fourth-order valence-electron chi connectivity index (χ4n) is 11.6. The second-order valence-electron chi connectivity index (χ2n) is 24.9. The third kappa shape index (κ3) is 21.5. The van der Waals surface area contributed by atoms with Gasteiger partial charge < -0.3 is 175 Å². The third-order valence-corrected chi connectivity index (χ3v) is 17.5. The fraction of sp³-hybridized carbons (Fsp3) is 0.895. The first-order valence-corrected chi connectivity index (χ1v) is 32.5. The van der Waals surface area contributed by atoms with Crippen LogP contribution in [0.25, 0.3) is 0 Å². The number of ether oxygens (including phenoxy) is 12. The van der Waals surface area contributed by atoms with Gasteiger partial charge in [-0.25, -0.2) is 4.79 Å². The number of aliphatic hydroxyl groups is 19. The topological polar surface area (TPSA) is 649 Å². The van der Waals surface area contributed by atoms with Crippen LogP contribution in [0.4, 0.5) is 0 Å². The first-order valence-electron chi connectivity index (χ1n) is 32.5. The van der Waals surface area contributed by atoms with E-state index in [0.29, 0.717) is 17.9 Å². The molecule has 7 heterocycles. The lowest BCUT2D eigenvalue weighted by molar-refractivity contribution is -0.366. The van der Waals surface area contributed by atoms with Crippen molar-refractivity contribution < 1.29 is 187 Å². The van der Waals surface area contributed by atoms with Crippen LogP contribution in [0, 0.1) is 5.92 Å². The Morgan fingerprint density at radius 2 is 0.760 bits per heavy atom. The minimum absolute atomic E-state index is 0.0267. The van der Waals surface area contributed by atoms with Crippen LogP contribution in [0.3, 0.4) is 0 Å². The highest BCUT2D eigenvalue weighted by Crippen LogP contribution is 2.35. The Labute approximate surface area is 569 Å². The van der Waals surface area contributed by atoms with Gasteiger partial charge in [0.2, 0.25) is 17.7 Å². The van der Waals surface area contributed by atoms with Crippen molar-refractivity contribution >= 4 is 35.5 Å². The fourth-order valence-corrected chi connectivity index (χ4v) is 11.6. The minimum atomic E-state index is -2.04. The maximum Gasteiger partial charge on any atom is 0.333 e. The molecule has 100 heavy (non-hydrogen) atoms. The summed E-state index contributed by atoms with van der Waals surface area (Å²) >= 11 is 0. The maximum absolute atomic E-state index is 13.6. The second kappa shape index (κ2) is 39.2. The lowest BCUT2D eigenvalue weighted by Gasteiger charge is -2.47. The summed E-state index contributed by atoms with van der Waals surface area (Å²) in [6.07, 6.45) is -50.5. The molecule has 7 saturated heterocycles. The zero-order valence-electron chi connectivity index (χ0n) is 54.1. The average molecular weight is 1460 g/mol. The van der Waals surface area contributed by atoms with Crippen LogP contribution in [0.2, 0.25) is 0 Å². The molecule has 22 N–H and O–H groups in total. The molecule has 43 heteroatoms. The summed E-state index contributed by atoms with van der Waals surface area (Å²) in [6, 6.07) is 0. The van der Waals surface area contributed by atoms with Gasteiger partial charge in [-0.2, -0.15) is 0 Å². The molecule has 5 amide bonds. The van der Waals surface area contributed by atoms with Crippen LogP contribution in [-0.2, 0) is 90.4 Å². The Bertz CT molecular complexity index is 2430. The predicted molar refractivity (Wildman–Crippen MR) is 314 cm³/mol. The Hall–Kier alpha value is -4.26. The van der Waals surface area contributed by atoms with E-state index in [9.17, 15) is 126 Å². The molecule has 7 rings (SSSR count). The molecule has 0 radical (unpaired) electrons. The normalized spacial score (nSPS) is 40.3. The summed E-state index contributed by atoms with van der Waals surface area (Å²) < 4.78 is 67.8. The summed E-state index contributed by atoms with van der Waals surface area (Å²) in [6.45, 7) is -7.21. The van der Waals surface area contributed by atoms with Crippen LogP contribution in [0.1, 0.15) is 45.4 Å². The van der Waals surface area contributed by atoms with Gasteiger partial charge in [-0.15, -0.1) is 5.06 Å². The van der Waals surface area contributed by atoms with Crippen LogP contribution in [-0.4, -0.2) is 413 Å². The average Bonchev–Trinajstić information content (AvgIpc) is 0.792. The van der Waals surface area contributed by atoms with Gasteiger partial charge in [0.25, 0.3) is 11.8 Å². The first-order chi connectivity index (χ1) is 47.5. The molecule has 0 bridgehead atoms. The van der Waals surface area contributed by atoms with E-state index in [-0.39, 0.29) is 38.8 Å². The van der Waals surface area contributed by atoms with Crippen LogP contribution < -0.4 is 16.0 Å². The van der Waals surface area contributed by atoms with Gasteiger partial charge in [0, 0.05) is 44.8 Å². The molecule has 43 nitrogen and oxygen atoms in total. The SMILES string of the molecule is C[C@@H]1[C@@H](O[C@@H]2[C@@H](O)[C@H](OCCNC(=O)CN(CC(=O)NCCCCCC(=O)ON3C(=O)CCC3=O)CC(=O)NCCO[C@@H]3O[C@H](CO[C@H]4O[C@H](CO)[C@@H](O)[C@H](O)[C@@H]4O)[C@@H](O)[C@H](O[C@H]4O[C@H](CO)[C@@H](O)[C@H](O)[C@@H]4O)[C@H]3O)O[C@H](CO[C@H]3O[C@H](CO)[C@@H](O)[C@H](O)[C@@H]3O)[C@H]2O)O[C@H](CO)[C@@H](O)[C@@H]1O. The lowest BCUT2D eigenvalue weighted by atomic mass is 9.92. The van der Waals surface area contributed by atoms with E-state index in [1.807, 2.05) is 0 Å². The van der Waals surface area contributed by atoms with Crippen LogP contribution in [0.15, 0.2) is 0 Å². The van der Waals surface area contributed by atoms with Crippen molar-refractivity contribution in [1.82, 2.24) is 25.9 Å². The highest BCUT2D eigenvalue weighted by molar-refractivity contribution is 6.01. The largest absolute Gasteiger partial charge is 0.394 e. The van der Waals surface area contributed by atoms with Gasteiger partial charge in [0.1, 0.15) is 134 Å². The molecule has 0 aromatic rings. The van der Waals surface area contributed by atoms with Crippen molar-refractivity contribution in [2.45, 2.75) is 224 Å². The smallest absolute Gasteiger partial charge is 0.333 e. The van der Waals surface area contributed by atoms with Crippen LogP contribution in [0.5, 0.6) is 0 Å². The van der Waals surface area contributed by atoms with E-state index in [4.69, 9.17) is 61.7 Å². The highest BCUT2D eigenvalue weighted by atomic mass is 16.8. The number of aliphatic hydroxyl groups excluding tert-OH is 19. The Morgan fingerprint density at radius 1 is 0.410 bits per heavy atom. The van der Waals surface area contributed by atoms with E-state index in [1.54, 1.807) is 0 Å². The molecule has 7 fully saturated rings. The third-order valence-electron chi connectivity index (χ3n) is 17.5. The molecule has 576 valence electrons. The Balaban J connectivity index is 0.973. The Morgan fingerprint density at radius 3 is 1.18 bits per heavy atom. The van der Waals surface area contributed by atoms with Gasteiger partial charge in [0.15, 0.2) is 37.7 Å². The molecule has 0 aliphatic carbocycles. The first kappa shape index (κ1) is 83.0. The highest BCUT2D eigenvalue weighted by Gasteiger charge is 2.55. The zero-order valence-corrected chi connectivity index (χ0v) is 54.1. The minimum Gasteiger partial charge on any atom is -0.394 e. The Kier molecular flexibility index (Phi) is 32.5. The summed E-state index contributed by atoms with van der Waals surface area (Å²) in [5, 5.41) is 208. The monoisotopic (exact) mass is 1460 g/mol. The van der Waals surface area contributed by atoms with E-state index >= 15 is 0 Å². The van der Waals surface area contributed by atoms with Crippen molar-refractivity contribution in [3.8, 4) is 0 Å². The van der Waals surface area contributed by atoms with E-state index < -0.39 is 299 Å². The number of nitrogens with zero attached hydrogens (tertiary/aromatic N) is 2. The zero-order chi connectivity index (χ0) is 73.4. The molecule has 7 aliphatic rings. The standard InChI is InChI=1S/C57H95N5O38/c1-22-35(73)36(74)23(16-63)92-52(22)98-50-40(78)27(20-90-53-45(83)42(80)37(75)24(17-64)93-53)96-55(48(50)86)88-11-9-59-30(68)14-61(13-29(67)58-8-4-2-3-5-34(72)100-62-32(70)6-7-33(62)71)15-31(69)60-10-12-89-56-49(87)51(99-57-47(85)44(82)39(77)26(19-66)95-57)41(79)28(97-56)21-91-54-46(84)43(81)38(76)25(18-65)94-54/h22-28,35-57,63-66,73-87H,2-21H2,1H3,(H,58,67)(H,59,68)(H,60,69)/t22-,23+,24+,25+,26+,27+,28+,35+,36+,37+,38+,39+,40+,41+,42-,43-,44-,45-,46-,47-,48+,49+,50-,51-,52+,53-,54-,55+,56+,57+/m0/s1. The van der Waals surface area contributed by atoms with E-state index in [0.717, 1.165) is 4.90 Å². The predicted octanol–water partition coefficient (Wildman–Crippen LogP) is -15.0. The molecule has 0 saturated carbocycles. The van der Waals surface area contributed by atoms with Crippen molar-refractivity contribution in [3.63, 3.8) is 0 Å². The summed E-state index contributed by atoms with van der Waals surface area (Å²) in [4.78, 5) is 82.5. The summed E-state index contributed by atoms with van der Waals surface area (Å²) in [7, 11) is 0. The molecule has 7 aliphatic heterocycles. The number of hydroxylamine groups is 2. The number of imide groups is 1. The summed E-state index contributed by atoms with van der Waals surface area (Å²) in [5.41, 5.74) is 0. The van der Waals surface area contributed by atoms with Crippen molar-refractivity contribution in [2.75, 3.05) is 92.1 Å². The molecular weight excluding hydrogens is 1360 g/mol. The lowest BCUT2D eigenvalue weighted by Crippen LogP contribution is -2.65. The van der Waals surface area contributed by atoms with Gasteiger partial charge in [-0.1, -0.05) is 13.3 Å². The number of hydrogen-bond acceptors (Lipinski definition) is 39. The number of rotatable bonds is 35. The molecule has 0 spiro atoms. The summed E-state index contributed by atoms with van der Waals surface area (Å²) in [5.74, 6) is -5.56. The van der Waals surface area contributed by atoms with E-state index in [1.165, 1.54) is 6.92 Å². The molecule has 0 unspecified atom stereocenters. The maximum atomic E-state index is 13.6. The quantitative estimate of drug-likeness (QED) is 0.0207. The molecule has 0 aromatic carbocycles. The van der Waals surface area contributed by atoms with Gasteiger partial charge >= 0.3 is 5.97 Å². The van der Waals surface area contributed by atoms with Crippen molar-refractivity contribution in [3.05, 3.63) is 0 Å². The number of nitrogens with one attached hydrogen (secondary N) is 3. The number of hydrogen-bond donors (Lipinski definition) is 22. The van der Waals surface area contributed by atoms with Gasteiger partial charge in [-0.3, -0.25) is 28.9 Å². The number of unbranched alkanes of at least 4 members (excludes halogenated alkanes) is 2. The van der Waals surface area contributed by atoms with Crippen molar-refractivity contribution in [2.24, 2.45) is 5.92 Å². The number of amides is 5. The molecular formula is C57H95N5O38. The van der Waals surface area contributed by atoms with Crippen LogP contribution >= 0.6 is 0 Å². The van der Waals surface area contributed by atoms with Gasteiger partial charge in [0.05, 0.1) is 78.6 Å².